The Morgan fingerprint density at radius 3 is 2.70 bits per heavy atom. The number of nitrogen functional groups attached to an aromatic ring is 1. The number of allylic oxidation sites excluding steroid dienone is 4. The van der Waals surface area contributed by atoms with Crippen LogP contribution < -0.4 is 5.73 Å². The largest absolute Gasteiger partial charge is 0.494 e. The van der Waals surface area contributed by atoms with E-state index in [2.05, 4.69) is 11.1 Å². The Morgan fingerprint density at radius 1 is 1.19 bits per heavy atom. The van der Waals surface area contributed by atoms with Crippen LogP contribution in [-0.4, -0.2) is 19.6 Å². The zero-order chi connectivity index (χ0) is 18.5. The van der Waals surface area contributed by atoms with Crippen molar-refractivity contribution in [2.75, 3.05) is 5.73 Å². The Kier molecular flexibility index (Phi) is 3.06. The fourth-order valence-electron chi connectivity index (χ4n) is 3.33. The van der Waals surface area contributed by atoms with Crippen LogP contribution in [0.4, 0.5) is 5.69 Å². The summed E-state index contributed by atoms with van der Waals surface area (Å²) < 4.78 is 1.67. The summed E-state index contributed by atoms with van der Waals surface area (Å²) in [6.45, 7) is 0. The molecule has 0 radical (unpaired) electrons. The fraction of sp³-hybridized carbons (Fsp3) is 0. The molecule has 0 atom stereocenters. The number of pyridine rings is 2. The smallest absolute Gasteiger partial charge is 0.207 e. The van der Waals surface area contributed by atoms with Crippen molar-refractivity contribution in [1.29, 1.82) is 5.26 Å². The second-order valence-electron chi connectivity index (χ2n) is 6.30. The number of para-hydroxylation sites is 1. The Bertz CT molecular complexity index is 1340. The van der Waals surface area contributed by atoms with Gasteiger partial charge in [0.25, 0.3) is 0 Å². The van der Waals surface area contributed by atoms with E-state index in [1.54, 1.807) is 22.9 Å². The van der Waals surface area contributed by atoms with E-state index in [1.165, 1.54) is 6.20 Å². The highest BCUT2D eigenvalue weighted by Crippen LogP contribution is 2.40. The van der Waals surface area contributed by atoms with Gasteiger partial charge in [0.05, 0.1) is 33.4 Å². The van der Waals surface area contributed by atoms with Gasteiger partial charge in [0.2, 0.25) is 5.88 Å². The standard InChI is InChI=1S/C21H13N5O/c22-9-12-7-8-16(24-10-12)14-5-2-6-15-19(23)18-17(25-20(14)15)11-26(21(18)27)13-3-1-4-13/h1-8,10-11,27H,23H2. The van der Waals surface area contributed by atoms with Gasteiger partial charge >= 0.3 is 0 Å². The molecule has 0 saturated carbocycles. The van der Waals surface area contributed by atoms with Gasteiger partial charge < -0.3 is 10.8 Å². The molecule has 0 spiro atoms. The summed E-state index contributed by atoms with van der Waals surface area (Å²) in [5, 5.41) is 20.9. The van der Waals surface area contributed by atoms with Crippen molar-refractivity contribution in [3.05, 3.63) is 66.5 Å². The van der Waals surface area contributed by atoms with E-state index in [1.807, 2.05) is 36.4 Å². The molecule has 5 rings (SSSR count). The molecule has 1 aliphatic rings. The van der Waals surface area contributed by atoms with Crippen molar-refractivity contribution in [3.8, 4) is 23.2 Å². The van der Waals surface area contributed by atoms with Gasteiger partial charge in [0.15, 0.2) is 0 Å². The van der Waals surface area contributed by atoms with E-state index in [-0.39, 0.29) is 5.88 Å². The Hall–Kier alpha value is -4.11. The summed E-state index contributed by atoms with van der Waals surface area (Å²) in [6, 6.07) is 11.3. The van der Waals surface area contributed by atoms with E-state index in [0.29, 0.717) is 33.4 Å². The van der Waals surface area contributed by atoms with Crippen LogP contribution in [0.2, 0.25) is 0 Å². The molecule has 6 nitrogen and oxygen atoms in total. The molecule has 1 aromatic carbocycles. The zero-order valence-electron chi connectivity index (χ0n) is 14.1. The molecular formula is C21H13N5O. The summed E-state index contributed by atoms with van der Waals surface area (Å²) in [4.78, 5) is 9.14. The summed E-state index contributed by atoms with van der Waals surface area (Å²) in [6.07, 6.45) is 9.02. The number of aromatic nitrogens is 3. The van der Waals surface area contributed by atoms with Crippen LogP contribution in [0.15, 0.2) is 61.0 Å². The number of anilines is 1. The molecule has 0 amide bonds. The third-order valence-corrected chi connectivity index (χ3v) is 4.77. The van der Waals surface area contributed by atoms with E-state index in [0.717, 1.165) is 16.6 Å². The SMILES string of the molecule is N#Cc1ccc(-c2cccc3c(N)c4c(O)n(C5=CC=C5)cc4nc23)nc1. The van der Waals surface area contributed by atoms with Crippen LogP contribution in [-0.2, 0) is 0 Å². The molecule has 0 fully saturated rings. The highest BCUT2D eigenvalue weighted by Gasteiger charge is 2.19. The molecule has 3 aromatic heterocycles. The van der Waals surface area contributed by atoms with Crippen molar-refractivity contribution < 1.29 is 5.11 Å². The number of rotatable bonds is 2. The average Bonchev–Trinajstić information content (AvgIpc) is 2.97. The number of aromatic hydroxyl groups is 1. The molecule has 3 N–H and O–H groups in total. The minimum absolute atomic E-state index is 0.0781. The first-order chi connectivity index (χ1) is 13.2. The molecule has 1 aliphatic carbocycles. The van der Waals surface area contributed by atoms with Crippen molar-refractivity contribution in [2.45, 2.75) is 0 Å². The maximum absolute atomic E-state index is 10.6. The lowest BCUT2D eigenvalue weighted by Gasteiger charge is -2.10. The number of hydrogen-bond acceptors (Lipinski definition) is 5. The molecule has 6 heteroatoms. The number of nitriles is 1. The van der Waals surface area contributed by atoms with Crippen LogP contribution in [0.5, 0.6) is 5.88 Å². The van der Waals surface area contributed by atoms with Crippen LogP contribution in [0.25, 0.3) is 38.8 Å². The highest BCUT2D eigenvalue weighted by molar-refractivity contribution is 6.12. The van der Waals surface area contributed by atoms with Gasteiger partial charge in [0.1, 0.15) is 6.07 Å². The van der Waals surface area contributed by atoms with E-state index in [9.17, 15) is 5.11 Å². The Morgan fingerprint density at radius 2 is 2.04 bits per heavy atom. The lowest BCUT2D eigenvalue weighted by Crippen LogP contribution is -1.95. The van der Waals surface area contributed by atoms with Crippen LogP contribution in [0.1, 0.15) is 5.56 Å². The summed E-state index contributed by atoms with van der Waals surface area (Å²) in [7, 11) is 0. The molecule has 4 aromatic rings. The van der Waals surface area contributed by atoms with Gasteiger partial charge in [-0.25, -0.2) is 4.98 Å². The number of nitrogens with zero attached hydrogens (tertiary/aromatic N) is 4. The molecule has 0 unspecified atom stereocenters. The van der Waals surface area contributed by atoms with Crippen molar-refractivity contribution in [2.24, 2.45) is 0 Å². The third kappa shape index (κ3) is 2.12. The molecule has 0 bridgehead atoms. The Labute approximate surface area is 154 Å². The maximum Gasteiger partial charge on any atom is 0.207 e. The van der Waals surface area contributed by atoms with Gasteiger partial charge in [0, 0.05) is 29.0 Å². The predicted molar refractivity (Wildman–Crippen MR) is 105 cm³/mol. The number of benzene rings is 1. The van der Waals surface area contributed by atoms with Crippen LogP contribution in [0.3, 0.4) is 0 Å². The fourth-order valence-corrected chi connectivity index (χ4v) is 3.33. The first-order valence-corrected chi connectivity index (χ1v) is 8.35. The van der Waals surface area contributed by atoms with Gasteiger partial charge in [-0.2, -0.15) is 5.26 Å². The average molecular weight is 351 g/mol. The second-order valence-corrected chi connectivity index (χ2v) is 6.30. The molecular weight excluding hydrogens is 338 g/mol. The van der Waals surface area contributed by atoms with Gasteiger partial charge in [-0.3, -0.25) is 9.55 Å². The van der Waals surface area contributed by atoms with Gasteiger partial charge in [-0.05, 0) is 24.3 Å². The van der Waals surface area contributed by atoms with Crippen LogP contribution in [0, 0.1) is 11.3 Å². The molecule has 128 valence electrons. The minimum atomic E-state index is 0.0781. The van der Waals surface area contributed by atoms with Crippen molar-refractivity contribution >= 4 is 33.2 Å². The Balaban J connectivity index is 1.80. The maximum atomic E-state index is 10.6. The van der Waals surface area contributed by atoms with Gasteiger partial charge in [-0.1, -0.05) is 24.3 Å². The normalized spacial score (nSPS) is 12.8. The topological polar surface area (TPSA) is 101 Å². The molecule has 0 saturated heterocycles. The monoisotopic (exact) mass is 351 g/mol. The van der Waals surface area contributed by atoms with Crippen molar-refractivity contribution in [1.82, 2.24) is 14.5 Å². The number of nitrogens with two attached hydrogens (primary N) is 1. The van der Waals surface area contributed by atoms with Crippen molar-refractivity contribution in [3.63, 3.8) is 0 Å². The van der Waals surface area contributed by atoms with E-state index >= 15 is 0 Å². The van der Waals surface area contributed by atoms with E-state index in [4.69, 9.17) is 16.0 Å². The highest BCUT2D eigenvalue weighted by atomic mass is 16.3. The zero-order valence-corrected chi connectivity index (χ0v) is 14.1. The molecule has 27 heavy (non-hydrogen) atoms. The minimum Gasteiger partial charge on any atom is -0.494 e. The molecule has 0 aliphatic heterocycles. The summed E-state index contributed by atoms with van der Waals surface area (Å²) >= 11 is 0. The lowest BCUT2D eigenvalue weighted by atomic mass is 10.0. The second kappa shape index (κ2) is 5.44. The first kappa shape index (κ1) is 15.2. The van der Waals surface area contributed by atoms with Gasteiger partial charge in [-0.15, -0.1) is 0 Å². The number of hydrogen-bond donors (Lipinski definition) is 2. The third-order valence-electron chi connectivity index (χ3n) is 4.77. The molecule has 3 heterocycles. The lowest BCUT2D eigenvalue weighted by molar-refractivity contribution is 0.450. The summed E-state index contributed by atoms with van der Waals surface area (Å²) in [5.41, 5.74) is 11.1. The number of fused-ring (bicyclic) bond motifs is 2. The quantitative estimate of drug-likeness (QED) is 0.572. The van der Waals surface area contributed by atoms with E-state index < -0.39 is 0 Å². The predicted octanol–water partition coefficient (Wildman–Crippen LogP) is 3.82. The van der Waals surface area contributed by atoms with Crippen LogP contribution >= 0.6 is 0 Å². The summed E-state index contributed by atoms with van der Waals surface area (Å²) in [5.74, 6) is 0.0781. The first-order valence-electron chi connectivity index (χ1n) is 8.35.